The van der Waals surface area contributed by atoms with Gasteiger partial charge in [-0.2, -0.15) is 11.8 Å². The number of amides is 1. The highest BCUT2D eigenvalue weighted by Gasteiger charge is 2.30. The molecule has 106 valence electrons. The van der Waals surface area contributed by atoms with Crippen LogP contribution in [0, 0.1) is 0 Å². The molecule has 19 heavy (non-hydrogen) atoms. The van der Waals surface area contributed by atoms with Crippen molar-refractivity contribution in [1.29, 1.82) is 0 Å². The summed E-state index contributed by atoms with van der Waals surface area (Å²) in [5.41, 5.74) is 0. The first kappa shape index (κ1) is 14.4. The number of rotatable bonds is 5. The Kier molecular flexibility index (Phi) is 5.27. The van der Waals surface area contributed by atoms with Crippen molar-refractivity contribution in [1.82, 2.24) is 19.8 Å². The number of carbonyl (C=O) groups is 1. The van der Waals surface area contributed by atoms with Gasteiger partial charge in [-0.3, -0.25) is 9.69 Å². The number of imidazole rings is 1. The van der Waals surface area contributed by atoms with Crippen LogP contribution in [-0.2, 0) is 4.79 Å². The van der Waals surface area contributed by atoms with Gasteiger partial charge in [0.15, 0.2) is 0 Å². The topological polar surface area (TPSA) is 52.2 Å². The van der Waals surface area contributed by atoms with E-state index in [1.165, 1.54) is 0 Å². The molecule has 0 saturated carbocycles. The predicted molar refractivity (Wildman–Crippen MR) is 78.2 cm³/mol. The van der Waals surface area contributed by atoms with Gasteiger partial charge in [-0.05, 0) is 12.8 Å². The highest BCUT2D eigenvalue weighted by Crippen LogP contribution is 2.22. The summed E-state index contributed by atoms with van der Waals surface area (Å²) in [6, 6.07) is 0.201. The summed E-state index contributed by atoms with van der Waals surface area (Å²) in [5, 5.41) is 0. The first-order chi connectivity index (χ1) is 9.26. The number of aromatic nitrogens is 2. The SMILES string of the molecule is CCN1CCN(C(=O)CCSC)C[C@@H]1c1ncc[nH]1. The summed E-state index contributed by atoms with van der Waals surface area (Å²) in [7, 11) is 0. The number of nitrogens with one attached hydrogen (secondary N) is 1. The molecular weight excluding hydrogens is 260 g/mol. The van der Waals surface area contributed by atoms with Crippen LogP contribution in [0.15, 0.2) is 12.4 Å². The molecule has 1 aliphatic heterocycles. The Hall–Kier alpha value is -1.01. The third-order valence-electron chi connectivity index (χ3n) is 3.61. The van der Waals surface area contributed by atoms with Crippen molar-refractivity contribution in [2.75, 3.05) is 38.2 Å². The van der Waals surface area contributed by atoms with E-state index in [-0.39, 0.29) is 11.9 Å². The monoisotopic (exact) mass is 282 g/mol. The van der Waals surface area contributed by atoms with Gasteiger partial charge in [-0.15, -0.1) is 0 Å². The van der Waals surface area contributed by atoms with Crippen LogP contribution in [0.4, 0.5) is 0 Å². The van der Waals surface area contributed by atoms with Gasteiger partial charge in [0.1, 0.15) is 5.82 Å². The van der Waals surface area contributed by atoms with E-state index >= 15 is 0 Å². The quantitative estimate of drug-likeness (QED) is 0.886. The second-order valence-corrected chi connectivity index (χ2v) is 5.69. The summed E-state index contributed by atoms with van der Waals surface area (Å²) in [4.78, 5) is 24.0. The number of hydrogen-bond donors (Lipinski definition) is 1. The smallest absolute Gasteiger partial charge is 0.223 e. The minimum atomic E-state index is 0.201. The van der Waals surface area contributed by atoms with Gasteiger partial charge in [0, 0.05) is 44.2 Å². The molecule has 1 aliphatic rings. The Balaban J connectivity index is 2.01. The van der Waals surface area contributed by atoms with E-state index in [0.29, 0.717) is 6.42 Å². The van der Waals surface area contributed by atoms with E-state index in [2.05, 4.69) is 21.8 Å². The van der Waals surface area contributed by atoms with E-state index in [9.17, 15) is 4.79 Å². The molecule has 2 heterocycles. The molecule has 1 aromatic rings. The van der Waals surface area contributed by atoms with Crippen molar-refractivity contribution in [3.8, 4) is 0 Å². The molecule has 6 heteroatoms. The second kappa shape index (κ2) is 6.96. The molecule has 0 unspecified atom stereocenters. The van der Waals surface area contributed by atoms with Gasteiger partial charge in [-0.1, -0.05) is 6.92 Å². The number of carbonyl (C=O) groups excluding carboxylic acids is 1. The molecule has 2 rings (SSSR count). The van der Waals surface area contributed by atoms with Crippen LogP contribution >= 0.6 is 11.8 Å². The van der Waals surface area contributed by atoms with E-state index in [4.69, 9.17) is 0 Å². The lowest BCUT2D eigenvalue weighted by Crippen LogP contribution is -2.50. The fraction of sp³-hybridized carbons (Fsp3) is 0.692. The maximum Gasteiger partial charge on any atom is 0.223 e. The van der Waals surface area contributed by atoms with Gasteiger partial charge >= 0.3 is 0 Å². The van der Waals surface area contributed by atoms with Gasteiger partial charge in [0.2, 0.25) is 5.91 Å². The van der Waals surface area contributed by atoms with E-state index in [1.807, 2.05) is 17.4 Å². The Morgan fingerprint density at radius 1 is 1.58 bits per heavy atom. The Morgan fingerprint density at radius 2 is 2.42 bits per heavy atom. The largest absolute Gasteiger partial charge is 0.347 e. The number of hydrogen-bond acceptors (Lipinski definition) is 4. The normalized spacial score (nSPS) is 20.7. The van der Waals surface area contributed by atoms with E-state index in [1.54, 1.807) is 18.0 Å². The van der Waals surface area contributed by atoms with Gasteiger partial charge in [0.05, 0.1) is 6.04 Å². The first-order valence-electron chi connectivity index (χ1n) is 6.76. The summed E-state index contributed by atoms with van der Waals surface area (Å²) in [6.07, 6.45) is 6.29. The minimum absolute atomic E-state index is 0.201. The lowest BCUT2D eigenvalue weighted by atomic mass is 10.1. The number of nitrogens with zero attached hydrogens (tertiary/aromatic N) is 3. The summed E-state index contributed by atoms with van der Waals surface area (Å²) in [5.74, 6) is 2.13. The van der Waals surface area contributed by atoms with Gasteiger partial charge in [0.25, 0.3) is 0 Å². The Labute approximate surface area is 118 Å². The zero-order valence-corrected chi connectivity index (χ0v) is 12.4. The van der Waals surface area contributed by atoms with Crippen molar-refractivity contribution >= 4 is 17.7 Å². The predicted octanol–water partition coefficient (Wildman–Crippen LogP) is 1.37. The van der Waals surface area contributed by atoms with Crippen LogP contribution in [0.25, 0.3) is 0 Å². The van der Waals surface area contributed by atoms with Gasteiger partial charge in [-0.25, -0.2) is 4.98 Å². The van der Waals surface area contributed by atoms with Crippen LogP contribution in [0.5, 0.6) is 0 Å². The minimum Gasteiger partial charge on any atom is -0.347 e. The van der Waals surface area contributed by atoms with Crippen LogP contribution < -0.4 is 0 Å². The zero-order valence-electron chi connectivity index (χ0n) is 11.6. The number of H-pyrrole nitrogens is 1. The lowest BCUT2D eigenvalue weighted by Gasteiger charge is -2.40. The molecule has 1 N–H and O–H groups in total. The maximum absolute atomic E-state index is 12.1. The fourth-order valence-corrected chi connectivity index (χ4v) is 2.87. The summed E-state index contributed by atoms with van der Waals surface area (Å²) >= 11 is 1.72. The number of piperazine rings is 1. The average Bonchev–Trinajstić information content (AvgIpc) is 2.98. The molecular formula is C13H22N4OS. The Morgan fingerprint density at radius 3 is 3.05 bits per heavy atom. The lowest BCUT2D eigenvalue weighted by molar-refractivity contribution is -0.133. The molecule has 1 aromatic heterocycles. The summed E-state index contributed by atoms with van der Waals surface area (Å²) in [6.45, 7) is 5.64. The molecule has 0 bridgehead atoms. The number of aromatic amines is 1. The van der Waals surface area contributed by atoms with Crippen molar-refractivity contribution in [3.05, 3.63) is 18.2 Å². The Bertz CT molecular complexity index is 395. The second-order valence-electron chi connectivity index (χ2n) is 4.70. The summed E-state index contributed by atoms with van der Waals surface area (Å²) < 4.78 is 0. The fourth-order valence-electron chi connectivity index (χ4n) is 2.49. The molecule has 1 atom stereocenters. The highest BCUT2D eigenvalue weighted by molar-refractivity contribution is 7.98. The van der Waals surface area contributed by atoms with Crippen molar-refractivity contribution < 1.29 is 4.79 Å². The number of likely N-dealkylation sites (N-methyl/N-ethyl adjacent to an activating group) is 1. The third-order valence-corrected chi connectivity index (χ3v) is 4.22. The molecule has 1 fully saturated rings. The molecule has 0 aromatic carbocycles. The van der Waals surface area contributed by atoms with Gasteiger partial charge < -0.3 is 9.88 Å². The molecule has 0 radical (unpaired) electrons. The molecule has 0 aliphatic carbocycles. The number of thioether (sulfide) groups is 1. The zero-order chi connectivity index (χ0) is 13.7. The van der Waals surface area contributed by atoms with Crippen molar-refractivity contribution in [2.45, 2.75) is 19.4 Å². The van der Waals surface area contributed by atoms with Crippen LogP contribution in [-0.4, -0.2) is 63.9 Å². The molecule has 1 saturated heterocycles. The standard InChI is InChI=1S/C13H22N4OS/c1-3-16-7-8-17(12(18)4-9-19-2)10-11(16)13-14-5-6-15-13/h5-6,11H,3-4,7-10H2,1-2H3,(H,14,15)/t11-/m1/s1. The van der Waals surface area contributed by atoms with Crippen LogP contribution in [0.1, 0.15) is 25.2 Å². The van der Waals surface area contributed by atoms with Crippen molar-refractivity contribution in [3.63, 3.8) is 0 Å². The molecule has 5 nitrogen and oxygen atoms in total. The van der Waals surface area contributed by atoms with Crippen molar-refractivity contribution in [2.24, 2.45) is 0 Å². The molecule has 1 amide bonds. The van der Waals surface area contributed by atoms with Crippen LogP contribution in [0.3, 0.4) is 0 Å². The van der Waals surface area contributed by atoms with E-state index < -0.39 is 0 Å². The van der Waals surface area contributed by atoms with E-state index in [0.717, 1.165) is 37.8 Å². The van der Waals surface area contributed by atoms with Crippen LogP contribution in [0.2, 0.25) is 0 Å². The first-order valence-corrected chi connectivity index (χ1v) is 8.15. The average molecular weight is 282 g/mol. The molecule has 0 spiro atoms. The third kappa shape index (κ3) is 3.51. The maximum atomic E-state index is 12.1. The highest BCUT2D eigenvalue weighted by atomic mass is 32.2.